The number of nitrogens with zero attached hydrogens (tertiary/aromatic N) is 1. The third-order valence-electron chi connectivity index (χ3n) is 3.82. The average molecular weight is 282 g/mol. The molecule has 110 valence electrons. The molecule has 1 amide bonds. The lowest BCUT2D eigenvalue weighted by atomic mass is 9.98. The van der Waals surface area contributed by atoms with Gasteiger partial charge in [0.05, 0.1) is 6.42 Å². The van der Waals surface area contributed by atoms with E-state index >= 15 is 0 Å². The largest absolute Gasteiger partial charge is 0.339 e. The van der Waals surface area contributed by atoms with Crippen LogP contribution in [0.5, 0.6) is 0 Å². The third-order valence-corrected chi connectivity index (χ3v) is 3.82. The highest BCUT2D eigenvalue weighted by molar-refractivity contribution is 5.79. The Bertz CT molecular complexity index is 477. The fourth-order valence-electron chi connectivity index (χ4n) is 2.77. The molecule has 2 rings (SSSR count). The van der Waals surface area contributed by atoms with E-state index in [-0.39, 0.29) is 23.9 Å². The van der Waals surface area contributed by atoms with Crippen LogP contribution in [0.1, 0.15) is 31.2 Å². The van der Waals surface area contributed by atoms with E-state index in [1.807, 2.05) is 0 Å². The Morgan fingerprint density at radius 1 is 1.35 bits per heavy atom. The van der Waals surface area contributed by atoms with Gasteiger partial charge in [0.25, 0.3) is 0 Å². The van der Waals surface area contributed by atoms with E-state index in [4.69, 9.17) is 5.73 Å². The minimum absolute atomic E-state index is 0.0926. The molecular weight excluding hydrogens is 262 g/mol. The number of hydrogen-bond donors (Lipinski definition) is 1. The number of halogens is 2. The highest BCUT2D eigenvalue weighted by Gasteiger charge is 2.26. The first-order chi connectivity index (χ1) is 9.63. The van der Waals surface area contributed by atoms with Crippen molar-refractivity contribution in [2.75, 3.05) is 13.1 Å². The van der Waals surface area contributed by atoms with E-state index in [0.717, 1.165) is 31.7 Å². The van der Waals surface area contributed by atoms with Gasteiger partial charge in [0.15, 0.2) is 11.6 Å². The molecule has 0 aromatic heterocycles. The van der Waals surface area contributed by atoms with Crippen LogP contribution in [0.3, 0.4) is 0 Å². The molecule has 1 aromatic carbocycles. The van der Waals surface area contributed by atoms with E-state index in [0.29, 0.717) is 13.1 Å². The van der Waals surface area contributed by atoms with Gasteiger partial charge in [-0.1, -0.05) is 12.1 Å². The molecule has 0 spiro atoms. The summed E-state index contributed by atoms with van der Waals surface area (Å²) in [5.41, 5.74) is 5.69. The smallest absolute Gasteiger partial charge is 0.227 e. The van der Waals surface area contributed by atoms with Crippen molar-refractivity contribution in [3.63, 3.8) is 0 Å². The van der Waals surface area contributed by atoms with Gasteiger partial charge in [0.1, 0.15) is 0 Å². The SMILES string of the molecule is NCC[C@@H]1CCCCN1C(=O)Cc1cccc(F)c1F. The molecule has 1 aromatic rings. The molecule has 0 bridgehead atoms. The van der Waals surface area contributed by atoms with E-state index in [2.05, 4.69) is 0 Å². The predicted octanol–water partition coefficient (Wildman–Crippen LogP) is 2.24. The Balaban J connectivity index is 2.08. The topological polar surface area (TPSA) is 46.3 Å². The summed E-state index contributed by atoms with van der Waals surface area (Å²) < 4.78 is 26.8. The minimum atomic E-state index is -0.923. The van der Waals surface area contributed by atoms with Crippen molar-refractivity contribution in [3.8, 4) is 0 Å². The number of amides is 1. The molecule has 1 aliphatic heterocycles. The molecule has 0 aliphatic carbocycles. The van der Waals surface area contributed by atoms with Crippen LogP contribution in [0.2, 0.25) is 0 Å². The Kier molecular flexibility index (Phi) is 5.06. The molecule has 1 heterocycles. The summed E-state index contributed by atoms with van der Waals surface area (Å²) in [7, 11) is 0. The lowest BCUT2D eigenvalue weighted by Gasteiger charge is -2.35. The number of carbonyl (C=O) groups excluding carboxylic acids is 1. The van der Waals surface area contributed by atoms with Gasteiger partial charge in [-0.15, -0.1) is 0 Å². The van der Waals surface area contributed by atoms with Gasteiger partial charge in [-0.3, -0.25) is 4.79 Å². The Hall–Kier alpha value is -1.49. The highest BCUT2D eigenvalue weighted by Crippen LogP contribution is 2.21. The molecule has 1 aliphatic rings. The zero-order chi connectivity index (χ0) is 14.5. The average Bonchev–Trinajstić information content (AvgIpc) is 2.45. The second-order valence-corrected chi connectivity index (χ2v) is 5.20. The number of hydrogen-bond acceptors (Lipinski definition) is 2. The molecule has 0 radical (unpaired) electrons. The van der Waals surface area contributed by atoms with Crippen molar-refractivity contribution >= 4 is 5.91 Å². The summed E-state index contributed by atoms with van der Waals surface area (Å²) in [6.45, 7) is 1.21. The number of nitrogens with two attached hydrogens (primary N) is 1. The molecule has 0 saturated carbocycles. The summed E-state index contributed by atoms with van der Waals surface area (Å²) in [6, 6.07) is 4.08. The second kappa shape index (κ2) is 6.79. The summed E-state index contributed by atoms with van der Waals surface area (Å²) in [5.74, 6) is -1.98. The van der Waals surface area contributed by atoms with Crippen LogP contribution in [0.25, 0.3) is 0 Å². The normalized spacial score (nSPS) is 19.1. The van der Waals surface area contributed by atoms with Crippen molar-refractivity contribution in [1.82, 2.24) is 4.90 Å². The zero-order valence-corrected chi connectivity index (χ0v) is 11.4. The van der Waals surface area contributed by atoms with Crippen LogP contribution in [0, 0.1) is 11.6 Å². The maximum absolute atomic E-state index is 13.6. The van der Waals surface area contributed by atoms with Crippen LogP contribution in [-0.2, 0) is 11.2 Å². The van der Waals surface area contributed by atoms with Gasteiger partial charge < -0.3 is 10.6 Å². The summed E-state index contributed by atoms with van der Waals surface area (Å²) in [6.07, 6.45) is 3.65. The van der Waals surface area contributed by atoms with E-state index in [9.17, 15) is 13.6 Å². The fourth-order valence-corrected chi connectivity index (χ4v) is 2.77. The molecule has 0 unspecified atom stereocenters. The zero-order valence-electron chi connectivity index (χ0n) is 11.4. The molecule has 1 saturated heterocycles. The predicted molar refractivity (Wildman–Crippen MR) is 73.1 cm³/mol. The standard InChI is InChI=1S/C15H20F2N2O/c16-13-6-3-4-11(15(13)17)10-14(20)19-9-2-1-5-12(19)7-8-18/h3-4,6,12H,1-2,5,7-10,18H2/t12-/m0/s1. The first kappa shape index (κ1) is 14.9. The lowest BCUT2D eigenvalue weighted by molar-refractivity contribution is -0.134. The number of likely N-dealkylation sites (tertiary alicyclic amines) is 1. The molecule has 3 nitrogen and oxygen atoms in total. The summed E-state index contributed by atoms with van der Waals surface area (Å²) in [5, 5.41) is 0. The second-order valence-electron chi connectivity index (χ2n) is 5.20. The van der Waals surface area contributed by atoms with E-state index < -0.39 is 11.6 Å². The van der Waals surface area contributed by atoms with E-state index in [1.54, 1.807) is 4.90 Å². The number of carbonyl (C=O) groups is 1. The fraction of sp³-hybridized carbons (Fsp3) is 0.533. The van der Waals surface area contributed by atoms with Crippen LogP contribution in [-0.4, -0.2) is 29.9 Å². The monoisotopic (exact) mass is 282 g/mol. The Morgan fingerprint density at radius 2 is 2.15 bits per heavy atom. The minimum Gasteiger partial charge on any atom is -0.339 e. The van der Waals surface area contributed by atoms with Gasteiger partial charge in [0, 0.05) is 18.2 Å². The van der Waals surface area contributed by atoms with Crippen molar-refractivity contribution in [1.29, 1.82) is 0 Å². The van der Waals surface area contributed by atoms with Gasteiger partial charge in [-0.2, -0.15) is 0 Å². The molecule has 1 atom stereocenters. The van der Waals surface area contributed by atoms with E-state index in [1.165, 1.54) is 12.1 Å². The lowest BCUT2D eigenvalue weighted by Crippen LogP contribution is -2.45. The van der Waals surface area contributed by atoms with Crippen LogP contribution in [0.4, 0.5) is 8.78 Å². The molecular formula is C15H20F2N2O. The summed E-state index contributed by atoms with van der Waals surface area (Å²) >= 11 is 0. The van der Waals surface area contributed by atoms with Crippen molar-refractivity contribution < 1.29 is 13.6 Å². The van der Waals surface area contributed by atoms with Crippen LogP contribution < -0.4 is 5.73 Å². The van der Waals surface area contributed by atoms with Crippen LogP contribution >= 0.6 is 0 Å². The Labute approximate surface area is 117 Å². The molecule has 20 heavy (non-hydrogen) atoms. The first-order valence-corrected chi connectivity index (χ1v) is 7.06. The number of piperidine rings is 1. The Morgan fingerprint density at radius 3 is 2.90 bits per heavy atom. The maximum Gasteiger partial charge on any atom is 0.227 e. The van der Waals surface area contributed by atoms with Crippen molar-refractivity contribution in [3.05, 3.63) is 35.4 Å². The van der Waals surface area contributed by atoms with Crippen molar-refractivity contribution in [2.45, 2.75) is 38.1 Å². The van der Waals surface area contributed by atoms with Gasteiger partial charge >= 0.3 is 0 Å². The number of benzene rings is 1. The van der Waals surface area contributed by atoms with Gasteiger partial charge in [0.2, 0.25) is 5.91 Å². The quantitative estimate of drug-likeness (QED) is 0.920. The molecule has 5 heteroatoms. The van der Waals surface area contributed by atoms with Gasteiger partial charge in [-0.05, 0) is 38.3 Å². The number of rotatable bonds is 4. The molecule has 1 fully saturated rings. The summed E-state index contributed by atoms with van der Waals surface area (Å²) in [4.78, 5) is 14.1. The third kappa shape index (κ3) is 3.33. The van der Waals surface area contributed by atoms with Crippen LogP contribution in [0.15, 0.2) is 18.2 Å². The van der Waals surface area contributed by atoms with Crippen molar-refractivity contribution in [2.24, 2.45) is 5.73 Å². The van der Waals surface area contributed by atoms with Gasteiger partial charge in [-0.25, -0.2) is 8.78 Å². The first-order valence-electron chi connectivity index (χ1n) is 7.06. The molecule has 2 N–H and O–H groups in total. The maximum atomic E-state index is 13.6. The highest BCUT2D eigenvalue weighted by atomic mass is 19.2.